The third-order valence-electron chi connectivity index (χ3n) is 3.99. The first-order chi connectivity index (χ1) is 10.4. The maximum atomic E-state index is 12.7. The largest absolute Gasteiger partial charge is 0.352 e. The van der Waals surface area contributed by atoms with E-state index in [1.807, 2.05) is 26.8 Å². The van der Waals surface area contributed by atoms with Gasteiger partial charge in [0, 0.05) is 17.5 Å². The van der Waals surface area contributed by atoms with E-state index in [1.165, 1.54) is 16.9 Å². The zero-order valence-corrected chi connectivity index (χ0v) is 14.8. The molecule has 22 heavy (non-hydrogen) atoms. The fourth-order valence-corrected chi connectivity index (χ4v) is 4.01. The third-order valence-corrected chi connectivity index (χ3v) is 5.22. The van der Waals surface area contributed by atoms with Crippen LogP contribution in [0.3, 0.4) is 0 Å². The molecule has 1 aromatic rings. The van der Waals surface area contributed by atoms with Gasteiger partial charge in [0.15, 0.2) is 0 Å². The fourth-order valence-electron chi connectivity index (χ4n) is 2.84. The molecule has 1 N–H and O–H groups in total. The number of hydrogen-bond donors (Lipinski definition) is 1. The number of aryl methyl sites for hydroxylation is 1. The van der Waals surface area contributed by atoms with E-state index >= 15 is 0 Å². The lowest BCUT2D eigenvalue weighted by Gasteiger charge is -2.20. The second-order valence-electron chi connectivity index (χ2n) is 6.45. The summed E-state index contributed by atoms with van der Waals surface area (Å²) in [5, 5.41) is 2.84. The van der Waals surface area contributed by atoms with Crippen LogP contribution in [0.2, 0.25) is 0 Å². The Hall–Kier alpha value is -1.36. The van der Waals surface area contributed by atoms with Crippen LogP contribution in [0, 0.1) is 5.92 Å². The van der Waals surface area contributed by atoms with Gasteiger partial charge < -0.3 is 10.2 Å². The number of thiophene rings is 1. The Labute approximate surface area is 136 Å². The van der Waals surface area contributed by atoms with Crippen molar-refractivity contribution in [1.82, 2.24) is 10.2 Å². The number of carbonyl (C=O) groups excluding carboxylic acids is 2. The van der Waals surface area contributed by atoms with Gasteiger partial charge >= 0.3 is 0 Å². The molecule has 0 saturated heterocycles. The van der Waals surface area contributed by atoms with Gasteiger partial charge in [-0.25, -0.2) is 0 Å². The third kappa shape index (κ3) is 4.09. The number of fused-ring (bicyclic) bond motifs is 1. The van der Waals surface area contributed by atoms with Crippen molar-refractivity contribution in [3.05, 3.63) is 21.4 Å². The molecule has 4 nitrogen and oxygen atoms in total. The molecule has 1 aliphatic carbocycles. The van der Waals surface area contributed by atoms with Crippen molar-refractivity contribution in [2.75, 3.05) is 13.1 Å². The molecular formula is C17H26N2O2S. The Morgan fingerprint density at radius 3 is 2.82 bits per heavy atom. The van der Waals surface area contributed by atoms with E-state index in [0.29, 0.717) is 12.5 Å². The fraction of sp³-hybridized carbons (Fsp3) is 0.647. The molecule has 0 aliphatic heterocycles. The highest BCUT2D eigenvalue weighted by molar-refractivity contribution is 7.14. The van der Waals surface area contributed by atoms with Crippen molar-refractivity contribution in [3.8, 4) is 0 Å². The van der Waals surface area contributed by atoms with E-state index in [-0.39, 0.29) is 24.4 Å². The van der Waals surface area contributed by atoms with Crippen LogP contribution in [0.4, 0.5) is 0 Å². The number of amides is 2. The summed E-state index contributed by atoms with van der Waals surface area (Å²) in [5.74, 6) is 0.581. The second-order valence-corrected chi connectivity index (χ2v) is 7.59. The lowest BCUT2D eigenvalue weighted by atomic mass is 9.90. The molecule has 1 heterocycles. The predicted octanol–water partition coefficient (Wildman–Crippen LogP) is 2.86. The molecule has 0 radical (unpaired) electrons. The van der Waals surface area contributed by atoms with Crippen LogP contribution in [0.25, 0.3) is 0 Å². The molecule has 1 aromatic heterocycles. The van der Waals surface area contributed by atoms with E-state index < -0.39 is 0 Å². The molecule has 0 spiro atoms. The molecule has 1 atom stereocenters. The number of hydrogen-bond acceptors (Lipinski definition) is 3. The summed E-state index contributed by atoms with van der Waals surface area (Å²) in [5.41, 5.74) is 1.33. The monoisotopic (exact) mass is 322 g/mol. The first-order valence-electron chi connectivity index (χ1n) is 8.10. The van der Waals surface area contributed by atoms with Gasteiger partial charge in [0.25, 0.3) is 5.91 Å². The summed E-state index contributed by atoms with van der Waals surface area (Å²) < 4.78 is 0. The van der Waals surface area contributed by atoms with Crippen LogP contribution in [-0.4, -0.2) is 35.8 Å². The van der Waals surface area contributed by atoms with Gasteiger partial charge in [0.05, 0.1) is 11.4 Å². The Bertz CT molecular complexity index is 551. The van der Waals surface area contributed by atoms with Crippen LogP contribution < -0.4 is 5.32 Å². The van der Waals surface area contributed by atoms with E-state index in [0.717, 1.165) is 17.7 Å². The van der Waals surface area contributed by atoms with E-state index in [9.17, 15) is 9.59 Å². The zero-order valence-electron chi connectivity index (χ0n) is 13.9. The van der Waals surface area contributed by atoms with Gasteiger partial charge in [0.2, 0.25) is 5.91 Å². The molecule has 122 valence electrons. The standard InChI is InChI=1S/C17H26N2O2S/c1-5-19(10-16(20)18-11(2)3)17(21)15-9-13-8-12(4)6-7-14(13)22-15/h9,11-12H,5-8,10H2,1-4H3,(H,18,20). The molecule has 2 amide bonds. The first kappa shape index (κ1) is 17.0. The minimum atomic E-state index is -0.0971. The van der Waals surface area contributed by atoms with E-state index in [4.69, 9.17) is 0 Å². The highest BCUT2D eigenvalue weighted by Crippen LogP contribution is 2.32. The maximum absolute atomic E-state index is 12.7. The highest BCUT2D eigenvalue weighted by atomic mass is 32.1. The molecular weight excluding hydrogens is 296 g/mol. The van der Waals surface area contributed by atoms with Gasteiger partial charge in [0.1, 0.15) is 0 Å². The topological polar surface area (TPSA) is 49.4 Å². The zero-order chi connectivity index (χ0) is 16.3. The Kier molecular flexibility index (Phi) is 5.62. The van der Waals surface area contributed by atoms with Gasteiger partial charge in [-0.05, 0) is 57.6 Å². The molecule has 0 fully saturated rings. The van der Waals surface area contributed by atoms with Crippen LogP contribution in [0.5, 0.6) is 0 Å². The van der Waals surface area contributed by atoms with Crippen molar-refractivity contribution in [2.24, 2.45) is 5.92 Å². The van der Waals surface area contributed by atoms with E-state index in [2.05, 4.69) is 12.2 Å². The molecule has 0 bridgehead atoms. The lowest BCUT2D eigenvalue weighted by Crippen LogP contribution is -2.42. The number of nitrogens with one attached hydrogen (secondary N) is 1. The maximum Gasteiger partial charge on any atom is 0.264 e. The van der Waals surface area contributed by atoms with Crippen molar-refractivity contribution in [3.63, 3.8) is 0 Å². The average Bonchev–Trinajstić information content (AvgIpc) is 2.86. The lowest BCUT2D eigenvalue weighted by molar-refractivity contribution is -0.122. The predicted molar refractivity (Wildman–Crippen MR) is 90.4 cm³/mol. The number of likely N-dealkylation sites (N-methyl/N-ethyl adjacent to an activating group) is 1. The Balaban J connectivity index is 2.07. The summed E-state index contributed by atoms with van der Waals surface area (Å²) in [6.07, 6.45) is 3.35. The van der Waals surface area contributed by atoms with Crippen molar-refractivity contribution >= 4 is 23.2 Å². The number of nitrogens with zero attached hydrogens (tertiary/aromatic N) is 1. The summed E-state index contributed by atoms with van der Waals surface area (Å²) >= 11 is 1.61. The van der Waals surface area contributed by atoms with Gasteiger partial charge in [-0.2, -0.15) is 0 Å². The Morgan fingerprint density at radius 1 is 1.45 bits per heavy atom. The minimum Gasteiger partial charge on any atom is -0.352 e. The summed E-state index contributed by atoms with van der Waals surface area (Å²) in [4.78, 5) is 28.3. The van der Waals surface area contributed by atoms with Crippen LogP contribution in [0.1, 0.15) is 54.2 Å². The quantitative estimate of drug-likeness (QED) is 0.906. The Morgan fingerprint density at radius 2 is 2.18 bits per heavy atom. The minimum absolute atomic E-state index is 0.0199. The van der Waals surface area contributed by atoms with Crippen LogP contribution >= 0.6 is 11.3 Å². The molecule has 1 aliphatic rings. The molecule has 5 heteroatoms. The molecule has 0 aromatic carbocycles. The van der Waals surface area contributed by atoms with Gasteiger partial charge in [-0.1, -0.05) is 6.92 Å². The smallest absolute Gasteiger partial charge is 0.264 e. The van der Waals surface area contributed by atoms with E-state index in [1.54, 1.807) is 16.2 Å². The van der Waals surface area contributed by atoms with Crippen molar-refractivity contribution < 1.29 is 9.59 Å². The van der Waals surface area contributed by atoms with Crippen LogP contribution in [0.15, 0.2) is 6.07 Å². The van der Waals surface area contributed by atoms with Crippen molar-refractivity contribution in [1.29, 1.82) is 0 Å². The first-order valence-corrected chi connectivity index (χ1v) is 8.92. The van der Waals surface area contributed by atoms with Gasteiger partial charge in [-0.15, -0.1) is 11.3 Å². The highest BCUT2D eigenvalue weighted by Gasteiger charge is 2.24. The molecule has 0 saturated carbocycles. The second kappa shape index (κ2) is 7.27. The van der Waals surface area contributed by atoms with Gasteiger partial charge in [-0.3, -0.25) is 9.59 Å². The SMILES string of the molecule is CCN(CC(=O)NC(C)C)C(=O)c1cc2c(s1)CCC(C)C2. The summed E-state index contributed by atoms with van der Waals surface area (Å²) in [6, 6.07) is 2.14. The summed E-state index contributed by atoms with van der Waals surface area (Å²) in [6.45, 7) is 8.69. The van der Waals surface area contributed by atoms with Crippen LogP contribution in [-0.2, 0) is 17.6 Å². The summed E-state index contributed by atoms with van der Waals surface area (Å²) in [7, 11) is 0. The van der Waals surface area contributed by atoms with Crippen molar-refractivity contribution in [2.45, 2.75) is 53.0 Å². The average molecular weight is 322 g/mol. The molecule has 1 unspecified atom stereocenters. The number of carbonyl (C=O) groups is 2. The molecule has 2 rings (SSSR count). The normalized spacial score (nSPS) is 17.2. The number of rotatable bonds is 5.